The van der Waals surface area contributed by atoms with E-state index in [1.807, 2.05) is 13.1 Å². The Labute approximate surface area is 112 Å². The first-order chi connectivity index (χ1) is 9.08. The van der Waals surface area contributed by atoms with E-state index in [0.717, 1.165) is 18.5 Å². The van der Waals surface area contributed by atoms with Gasteiger partial charge in [0.05, 0.1) is 28.6 Å². The quantitative estimate of drug-likeness (QED) is 0.826. The Kier molecular flexibility index (Phi) is 3.74. The summed E-state index contributed by atoms with van der Waals surface area (Å²) in [5.74, 6) is 0. The summed E-state index contributed by atoms with van der Waals surface area (Å²) < 4.78 is 0. The third-order valence-electron chi connectivity index (χ3n) is 3.66. The van der Waals surface area contributed by atoms with Crippen LogP contribution in [-0.2, 0) is 0 Å². The number of nitrogens with one attached hydrogen (secondary N) is 1. The fourth-order valence-corrected chi connectivity index (χ4v) is 2.46. The highest BCUT2D eigenvalue weighted by molar-refractivity contribution is 5.88. The molecule has 0 saturated heterocycles. The van der Waals surface area contributed by atoms with Crippen molar-refractivity contribution in [1.29, 1.82) is 0 Å². The summed E-state index contributed by atoms with van der Waals surface area (Å²) in [5, 5.41) is 0.529. The van der Waals surface area contributed by atoms with Gasteiger partial charge in [-0.15, -0.1) is 0 Å². The lowest BCUT2D eigenvalue weighted by Crippen LogP contribution is -2.31. The number of fused-ring (bicyclic) bond motifs is 1. The van der Waals surface area contributed by atoms with E-state index in [0.29, 0.717) is 22.6 Å². The molecule has 0 radical (unpaired) electrons. The molecule has 1 heterocycles. The number of rotatable bonds is 4. The minimum absolute atomic E-state index is 0.159. The second kappa shape index (κ2) is 5.30. The van der Waals surface area contributed by atoms with Crippen LogP contribution in [0.1, 0.15) is 26.7 Å². The van der Waals surface area contributed by atoms with Crippen LogP contribution in [0.4, 0.5) is 11.4 Å². The standard InChI is InChI=1S/C14H20N4O/c1-4-9(5-2)18(3)13-7-12-10(6-11(13)15)14(19)17-8-16-12/h6-9H,4-5,15H2,1-3H3,(H,16,17,19). The van der Waals surface area contributed by atoms with E-state index in [2.05, 4.69) is 28.7 Å². The monoisotopic (exact) mass is 260 g/mol. The average molecular weight is 260 g/mol. The van der Waals surface area contributed by atoms with Crippen LogP contribution >= 0.6 is 0 Å². The van der Waals surface area contributed by atoms with Crippen LogP contribution in [0.25, 0.3) is 10.9 Å². The van der Waals surface area contributed by atoms with Crippen molar-refractivity contribution in [2.45, 2.75) is 32.7 Å². The summed E-state index contributed by atoms with van der Waals surface area (Å²) >= 11 is 0. The van der Waals surface area contributed by atoms with Gasteiger partial charge in [0, 0.05) is 13.1 Å². The second-order valence-corrected chi connectivity index (χ2v) is 4.74. The van der Waals surface area contributed by atoms with Crippen LogP contribution in [0.5, 0.6) is 0 Å². The lowest BCUT2D eigenvalue weighted by atomic mass is 10.1. The predicted octanol–water partition coefficient (Wildman–Crippen LogP) is 2.13. The predicted molar refractivity (Wildman–Crippen MR) is 79.5 cm³/mol. The molecule has 1 aromatic carbocycles. The van der Waals surface area contributed by atoms with Gasteiger partial charge in [0.2, 0.25) is 0 Å². The first-order valence-corrected chi connectivity index (χ1v) is 6.58. The van der Waals surface area contributed by atoms with Crippen molar-refractivity contribution >= 4 is 22.3 Å². The van der Waals surface area contributed by atoms with Crippen molar-refractivity contribution in [2.75, 3.05) is 17.7 Å². The van der Waals surface area contributed by atoms with Gasteiger partial charge in [-0.3, -0.25) is 4.79 Å². The van der Waals surface area contributed by atoms with Crippen LogP contribution in [-0.4, -0.2) is 23.1 Å². The number of aromatic nitrogens is 2. The van der Waals surface area contributed by atoms with Crippen LogP contribution in [0.2, 0.25) is 0 Å². The Bertz CT molecular complexity index is 631. The SMILES string of the molecule is CCC(CC)N(C)c1cc2nc[nH]c(=O)c2cc1N. The van der Waals surface area contributed by atoms with Gasteiger partial charge >= 0.3 is 0 Å². The highest BCUT2D eigenvalue weighted by atomic mass is 16.1. The molecule has 102 valence electrons. The Balaban J connectivity index is 2.56. The molecule has 0 atom stereocenters. The number of aromatic amines is 1. The van der Waals surface area contributed by atoms with Gasteiger partial charge in [-0.1, -0.05) is 13.8 Å². The average Bonchev–Trinajstić information content (AvgIpc) is 2.40. The van der Waals surface area contributed by atoms with Crippen LogP contribution in [0.3, 0.4) is 0 Å². The topological polar surface area (TPSA) is 75.0 Å². The van der Waals surface area contributed by atoms with E-state index in [1.54, 1.807) is 6.07 Å². The number of anilines is 2. The Hall–Kier alpha value is -2.04. The second-order valence-electron chi connectivity index (χ2n) is 4.74. The Morgan fingerprint density at radius 1 is 1.37 bits per heavy atom. The molecule has 3 N–H and O–H groups in total. The molecule has 2 aromatic rings. The molecule has 0 fully saturated rings. The molecule has 0 aliphatic carbocycles. The molecular formula is C14H20N4O. The molecule has 0 bridgehead atoms. The number of nitrogens with zero attached hydrogens (tertiary/aromatic N) is 2. The van der Waals surface area contributed by atoms with Crippen molar-refractivity contribution in [3.63, 3.8) is 0 Å². The molecule has 1 aromatic heterocycles. The summed E-state index contributed by atoms with van der Waals surface area (Å²) in [6.45, 7) is 4.32. The summed E-state index contributed by atoms with van der Waals surface area (Å²) in [7, 11) is 2.03. The van der Waals surface area contributed by atoms with Gasteiger partial charge in [0.15, 0.2) is 0 Å². The smallest absolute Gasteiger partial charge is 0.258 e. The zero-order valence-electron chi connectivity index (χ0n) is 11.6. The first-order valence-electron chi connectivity index (χ1n) is 6.58. The zero-order valence-corrected chi connectivity index (χ0v) is 11.6. The van der Waals surface area contributed by atoms with Gasteiger partial charge in [-0.25, -0.2) is 4.98 Å². The molecule has 5 heteroatoms. The number of benzene rings is 1. The van der Waals surface area contributed by atoms with Gasteiger partial charge in [0.25, 0.3) is 5.56 Å². The van der Waals surface area contributed by atoms with Crippen molar-refractivity contribution in [3.05, 3.63) is 28.8 Å². The number of nitrogens with two attached hydrogens (primary N) is 1. The van der Waals surface area contributed by atoms with Gasteiger partial charge < -0.3 is 15.6 Å². The van der Waals surface area contributed by atoms with Gasteiger partial charge in [-0.2, -0.15) is 0 Å². The molecule has 5 nitrogen and oxygen atoms in total. The molecule has 19 heavy (non-hydrogen) atoms. The van der Waals surface area contributed by atoms with E-state index < -0.39 is 0 Å². The van der Waals surface area contributed by atoms with Crippen LogP contribution < -0.4 is 16.2 Å². The minimum atomic E-state index is -0.159. The van der Waals surface area contributed by atoms with E-state index in [1.165, 1.54) is 6.33 Å². The van der Waals surface area contributed by atoms with E-state index in [4.69, 9.17) is 5.73 Å². The molecule has 0 aliphatic rings. The van der Waals surface area contributed by atoms with E-state index in [9.17, 15) is 4.79 Å². The van der Waals surface area contributed by atoms with E-state index >= 15 is 0 Å². The lowest BCUT2D eigenvalue weighted by molar-refractivity contribution is 0.592. The molecule has 0 unspecified atom stereocenters. The largest absolute Gasteiger partial charge is 0.397 e. The third-order valence-corrected chi connectivity index (χ3v) is 3.66. The summed E-state index contributed by atoms with van der Waals surface area (Å²) in [6, 6.07) is 4.02. The highest BCUT2D eigenvalue weighted by Crippen LogP contribution is 2.28. The van der Waals surface area contributed by atoms with Crippen LogP contribution in [0.15, 0.2) is 23.3 Å². The summed E-state index contributed by atoms with van der Waals surface area (Å²) in [4.78, 5) is 20.6. The third kappa shape index (κ3) is 2.41. The molecule has 0 spiro atoms. The van der Waals surface area contributed by atoms with Crippen molar-refractivity contribution in [2.24, 2.45) is 0 Å². The van der Waals surface area contributed by atoms with E-state index in [-0.39, 0.29) is 5.56 Å². The zero-order chi connectivity index (χ0) is 14.0. The maximum atomic E-state index is 11.7. The molecule has 0 aliphatic heterocycles. The number of H-pyrrole nitrogens is 1. The minimum Gasteiger partial charge on any atom is -0.397 e. The molecule has 0 saturated carbocycles. The maximum Gasteiger partial charge on any atom is 0.258 e. The maximum absolute atomic E-state index is 11.7. The first kappa shape index (κ1) is 13.4. The number of hydrogen-bond donors (Lipinski definition) is 2. The fraction of sp³-hybridized carbons (Fsp3) is 0.429. The van der Waals surface area contributed by atoms with Gasteiger partial charge in [-0.05, 0) is 25.0 Å². The highest BCUT2D eigenvalue weighted by Gasteiger charge is 2.15. The number of nitrogen functional groups attached to an aromatic ring is 1. The Morgan fingerprint density at radius 3 is 2.68 bits per heavy atom. The lowest BCUT2D eigenvalue weighted by Gasteiger charge is -2.29. The van der Waals surface area contributed by atoms with Crippen molar-refractivity contribution in [3.8, 4) is 0 Å². The van der Waals surface area contributed by atoms with Crippen molar-refractivity contribution in [1.82, 2.24) is 9.97 Å². The molecule has 0 amide bonds. The Morgan fingerprint density at radius 2 is 2.05 bits per heavy atom. The summed E-state index contributed by atoms with van der Waals surface area (Å²) in [6.07, 6.45) is 3.52. The normalized spacial score (nSPS) is 11.2. The van der Waals surface area contributed by atoms with Crippen LogP contribution in [0, 0.1) is 0 Å². The molecule has 2 rings (SSSR count). The van der Waals surface area contributed by atoms with Gasteiger partial charge in [0.1, 0.15) is 0 Å². The summed E-state index contributed by atoms with van der Waals surface area (Å²) in [5.41, 5.74) is 8.14. The number of hydrogen-bond acceptors (Lipinski definition) is 4. The van der Waals surface area contributed by atoms with Crippen molar-refractivity contribution < 1.29 is 0 Å². The fourth-order valence-electron chi connectivity index (χ4n) is 2.46. The molecular weight excluding hydrogens is 240 g/mol.